The fraction of sp³-hybridized carbons (Fsp3) is 0.588. The first-order valence-electron chi connectivity index (χ1n) is 8.42. The number of carbonyl (C=O) groups is 2. The molecule has 2 amide bonds. The molecule has 0 aliphatic carbocycles. The van der Waals surface area contributed by atoms with E-state index >= 15 is 0 Å². The molecule has 1 aliphatic rings. The Morgan fingerprint density at radius 1 is 1.12 bits per heavy atom. The minimum atomic E-state index is -0.190. The van der Waals surface area contributed by atoms with Crippen molar-refractivity contribution in [2.75, 3.05) is 45.8 Å². The van der Waals surface area contributed by atoms with Gasteiger partial charge in [0.2, 0.25) is 5.91 Å². The summed E-state index contributed by atoms with van der Waals surface area (Å²) in [7, 11) is 1.66. The van der Waals surface area contributed by atoms with Crippen molar-refractivity contribution in [1.29, 1.82) is 0 Å². The van der Waals surface area contributed by atoms with Gasteiger partial charge in [-0.15, -0.1) is 0 Å². The van der Waals surface area contributed by atoms with Gasteiger partial charge in [-0.3, -0.25) is 19.3 Å². The van der Waals surface area contributed by atoms with E-state index in [-0.39, 0.29) is 17.4 Å². The Morgan fingerprint density at radius 3 is 2.29 bits per heavy atom. The Bertz CT molecular complexity index is 643. The molecule has 132 valence electrons. The van der Waals surface area contributed by atoms with Crippen LogP contribution >= 0.6 is 0 Å². The molecule has 1 aromatic heterocycles. The van der Waals surface area contributed by atoms with E-state index in [4.69, 9.17) is 0 Å². The van der Waals surface area contributed by atoms with Gasteiger partial charge in [0, 0.05) is 64.1 Å². The van der Waals surface area contributed by atoms with Crippen molar-refractivity contribution >= 4 is 11.8 Å². The largest absolute Gasteiger partial charge is 0.342 e. The van der Waals surface area contributed by atoms with Crippen molar-refractivity contribution in [1.82, 2.24) is 19.3 Å². The summed E-state index contributed by atoms with van der Waals surface area (Å²) in [4.78, 5) is 41.9. The minimum absolute atomic E-state index is 0.123. The van der Waals surface area contributed by atoms with E-state index in [0.29, 0.717) is 38.3 Å². The summed E-state index contributed by atoms with van der Waals surface area (Å²) < 4.78 is 1.44. The lowest BCUT2D eigenvalue weighted by Gasteiger charge is -2.35. The van der Waals surface area contributed by atoms with Crippen molar-refractivity contribution < 1.29 is 9.59 Å². The minimum Gasteiger partial charge on any atom is -0.342 e. The number of hydrogen-bond donors (Lipinski definition) is 0. The van der Waals surface area contributed by atoms with Crippen LogP contribution in [0.1, 0.15) is 24.2 Å². The molecule has 2 heterocycles. The van der Waals surface area contributed by atoms with Gasteiger partial charge in [-0.1, -0.05) is 0 Å². The highest BCUT2D eigenvalue weighted by Gasteiger charge is 2.24. The highest BCUT2D eigenvalue weighted by Crippen LogP contribution is 2.08. The lowest BCUT2D eigenvalue weighted by Crippen LogP contribution is -2.51. The highest BCUT2D eigenvalue weighted by molar-refractivity contribution is 5.94. The van der Waals surface area contributed by atoms with E-state index in [0.717, 1.165) is 13.1 Å². The van der Waals surface area contributed by atoms with E-state index < -0.39 is 0 Å². The van der Waals surface area contributed by atoms with Gasteiger partial charge in [0.25, 0.3) is 11.5 Å². The van der Waals surface area contributed by atoms with Crippen LogP contribution in [0, 0.1) is 0 Å². The van der Waals surface area contributed by atoms with E-state index in [1.165, 1.54) is 10.6 Å². The average Bonchev–Trinajstić information content (AvgIpc) is 2.58. The second kappa shape index (κ2) is 8.10. The van der Waals surface area contributed by atoms with Gasteiger partial charge in [0.15, 0.2) is 0 Å². The zero-order valence-corrected chi connectivity index (χ0v) is 14.7. The molecule has 0 radical (unpaired) electrons. The van der Waals surface area contributed by atoms with Crippen LogP contribution in [0.3, 0.4) is 0 Å². The van der Waals surface area contributed by atoms with Crippen molar-refractivity contribution in [3.63, 3.8) is 0 Å². The molecule has 24 heavy (non-hydrogen) atoms. The maximum Gasteiger partial charge on any atom is 0.254 e. The fourth-order valence-electron chi connectivity index (χ4n) is 2.84. The molecule has 0 N–H and O–H groups in total. The number of hydrogen-bond acceptors (Lipinski definition) is 4. The molecular formula is C17H26N4O3. The molecule has 1 saturated heterocycles. The third kappa shape index (κ3) is 4.23. The quantitative estimate of drug-likeness (QED) is 0.761. The summed E-state index contributed by atoms with van der Waals surface area (Å²) in [5.41, 5.74) is 0.232. The number of aryl methyl sites for hydroxylation is 1. The summed E-state index contributed by atoms with van der Waals surface area (Å²) >= 11 is 0. The van der Waals surface area contributed by atoms with Crippen molar-refractivity contribution in [2.45, 2.75) is 13.8 Å². The topological polar surface area (TPSA) is 65.9 Å². The molecule has 0 unspecified atom stereocenters. The molecular weight excluding hydrogens is 308 g/mol. The maximum atomic E-state index is 12.5. The van der Waals surface area contributed by atoms with Gasteiger partial charge in [-0.05, 0) is 19.9 Å². The van der Waals surface area contributed by atoms with Crippen molar-refractivity contribution in [3.05, 3.63) is 34.2 Å². The van der Waals surface area contributed by atoms with Crippen molar-refractivity contribution in [2.24, 2.45) is 7.05 Å². The molecule has 0 bridgehead atoms. The van der Waals surface area contributed by atoms with E-state index in [2.05, 4.69) is 4.90 Å². The van der Waals surface area contributed by atoms with Crippen LogP contribution in [0.25, 0.3) is 0 Å². The molecule has 1 fully saturated rings. The molecule has 7 nitrogen and oxygen atoms in total. The lowest BCUT2D eigenvalue weighted by atomic mass is 10.2. The molecule has 7 heteroatoms. The van der Waals surface area contributed by atoms with Gasteiger partial charge in [-0.2, -0.15) is 0 Å². The molecule has 2 rings (SSSR count). The summed E-state index contributed by atoms with van der Waals surface area (Å²) in [6.45, 7) is 8.26. The van der Waals surface area contributed by atoms with E-state index in [1.54, 1.807) is 24.2 Å². The summed E-state index contributed by atoms with van der Waals surface area (Å²) in [5.74, 6) is 0.00810. The standard InChI is InChI=1S/C17H26N4O3/c1-4-20(5-2)16(23)13-19-8-10-21(11-9-19)17(24)14-6-7-18(3)15(22)12-14/h6-7,12H,4-5,8-11,13H2,1-3H3. The molecule has 0 aromatic carbocycles. The SMILES string of the molecule is CCN(CC)C(=O)CN1CCN(C(=O)c2ccn(C)c(=O)c2)CC1. The first kappa shape index (κ1) is 18.2. The van der Waals surface area contributed by atoms with Crippen LogP contribution in [0.4, 0.5) is 0 Å². The molecule has 0 atom stereocenters. The maximum absolute atomic E-state index is 12.5. The smallest absolute Gasteiger partial charge is 0.254 e. The number of likely N-dealkylation sites (N-methyl/N-ethyl adjacent to an activating group) is 1. The van der Waals surface area contributed by atoms with Crippen LogP contribution in [0.2, 0.25) is 0 Å². The second-order valence-electron chi connectivity index (χ2n) is 6.00. The average molecular weight is 334 g/mol. The fourth-order valence-corrected chi connectivity index (χ4v) is 2.84. The second-order valence-corrected chi connectivity index (χ2v) is 6.00. The van der Waals surface area contributed by atoms with Crippen LogP contribution in [0.15, 0.2) is 23.1 Å². The molecule has 1 aliphatic heterocycles. The monoisotopic (exact) mass is 334 g/mol. The number of amides is 2. The van der Waals surface area contributed by atoms with Crippen LogP contribution in [0.5, 0.6) is 0 Å². The number of aromatic nitrogens is 1. The normalized spacial score (nSPS) is 15.4. The van der Waals surface area contributed by atoms with Gasteiger partial charge in [0.1, 0.15) is 0 Å². The molecule has 1 aromatic rings. The summed E-state index contributed by atoms with van der Waals surface area (Å²) in [5, 5.41) is 0. The Balaban J connectivity index is 1.90. The van der Waals surface area contributed by atoms with E-state index in [1.807, 2.05) is 18.7 Å². The van der Waals surface area contributed by atoms with Gasteiger partial charge in [-0.25, -0.2) is 0 Å². The predicted octanol–water partition coefficient (Wildman–Crippen LogP) is 0.0115. The summed E-state index contributed by atoms with van der Waals surface area (Å²) in [6, 6.07) is 3.04. The Hall–Kier alpha value is -2.15. The zero-order chi connectivity index (χ0) is 17.7. The number of carbonyl (C=O) groups excluding carboxylic acids is 2. The number of pyridine rings is 1. The Labute approximate surface area is 142 Å². The van der Waals surface area contributed by atoms with Gasteiger partial charge in [0.05, 0.1) is 6.54 Å². The third-order valence-electron chi connectivity index (χ3n) is 4.49. The Morgan fingerprint density at radius 2 is 1.75 bits per heavy atom. The van der Waals surface area contributed by atoms with Crippen LogP contribution < -0.4 is 5.56 Å². The lowest BCUT2D eigenvalue weighted by molar-refractivity contribution is -0.132. The highest BCUT2D eigenvalue weighted by atomic mass is 16.2. The first-order valence-corrected chi connectivity index (χ1v) is 8.42. The number of nitrogens with zero attached hydrogens (tertiary/aromatic N) is 4. The molecule has 0 saturated carbocycles. The number of rotatable bonds is 5. The van der Waals surface area contributed by atoms with Gasteiger partial charge < -0.3 is 14.4 Å². The summed E-state index contributed by atoms with van der Waals surface area (Å²) in [6.07, 6.45) is 1.61. The predicted molar refractivity (Wildman–Crippen MR) is 92.0 cm³/mol. The van der Waals surface area contributed by atoms with Crippen molar-refractivity contribution in [3.8, 4) is 0 Å². The van der Waals surface area contributed by atoms with Crippen LogP contribution in [-0.4, -0.2) is 76.9 Å². The first-order chi connectivity index (χ1) is 11.5. The zero-order valence-electron chi connectivity index (χ0n) is 14.7. The van der Waals surface area contributed by atoms with Crippen LogP contribution in [-0.2, 0) is 11.8 Å². The van der Waals surface area contributed by atoms with Gasteiger partial charge >= 0.3 is 0 Å². The Kier molecular flexibility index (Phi) is 6.14. The third-order valence-corrected chi connectivity index (χ3v) is 4.49. The molecule has 0 spiro atoms. The van der Waals surface area contributed by atoms with E-state index in [9.17, 15) is 14.4 Å². The number of piperazine rings is 1.